The van der Waals surface area contributed by atoms with E-state index in [1.807, 2.05) is 0 Å². The minimum absolute atomic E-state index is 0.0435. The van der Waals surface area contributed by atoms with Gasteiger partial charge in [0.2, 0.25) is 0 Å². The standard InChI is InChI=1S/C25H34FN5O3Si/c1-25(2,3)35(5,6)34-14-13-19(18-7-9-20(26)10-8-18)16-27-24(32)22-15-21(11-12-23(22)33-4)31-17-28-29-30-31/h7-12,15,17,19H,13-14,16H2,1-6H3,(H,27,32). The Morgan fingerprint density at radius 1 is 1.17 bits per heavy atom. The zero-order valence-electron chi connectivity index (χ0n) is 21.2. The van der Waals surface area contributed by atoms with Crippen LogP contribution in [0.5, 0.6) is 5.75 Å². The molecule has 1 unspecified atom stereocenters. The van der Waals surface area contributed by atoms with Crippen LogP contribution >= 0.6 is 0 Å². The summed E-state index contributed by atoms with van der Waals surface area (Å²) in [6.07, 6.45) is 2.15. The maximum absolute atomic E-state index is 13.5. The van der Waals surface area contributed by atoms with Crippen LogP contribution in [0.2, 0.25) is 18.1 Å². The first-order chi connectivity index (χ1) is 16.5. The van der Waals surface area contributed by atoms with Gasteiger partial charge in [0.25, 0.3) is 5.91 Å². The molecule has 8 nitrogen and oxygen atoms in total. The van der Waals surface area contributed by atoms with Crippen LogP contribution in [0.25, 0.3) is 5.69 Å². The zero-order valence-corrected chi connectivity index (χ0v) is 22.2. The molecular formula is C25H34FN5O3Si. The number of nitrogens with one attached hydrogen (secondary N) is 1. The van der Waals surface area contributed by atoms with Crippen LogP contribution in [-0.4, -0.2) is 54.7 Å². The number of nitrogens with zero attached hydrogens (tertiary/aromatic N) is 4. The van der Waals surface area contributed by atoms with Crippen molar-refractivity contribution in [3.8, 4) is 11.4 Å². The van der Waals surface area contributed by atoms with Crippen molar-refractivity contribution in [3.63, 3.8) is 0 Å². The molecule has 1 N–H and O–H groups in total. The van der Waals surface area contributed by atoms with Gasteiger partial charge >= 0.3 is 0 Å². The summed E-state index contributed by atoms with van der Waals surface area (Å²) in [7, 11) is -0.390. The molecule has 0 aliphatic heterocycles. The van der Waals surface area contributed by atoms with E-state index in [0.29, 0.717) is 36.6 Å². The van der Waals surface area contributed by atoms with Gasteiger partial charge in [-0.15, -0.1) is 5.10 Å². The molecule has 1 atom stereocenters. The van der Waals surface area contributed by atoms with Crippen molar-refractivity contribution in [1.82, 2.24) is 25.5 Å². The molecule has 188 valence electrons. The van der Waals surface area contributed by atoms with Gasteiger partial charge in [-0.3, -0.25) is 4.79 Å². The van der Waals surface area contributed by atoms with Gasteiger partial charge in [0, 0.05) is 19.1 Å². The Labute approximate surface area is 207 Å². The van der Waals surface area contributed by atoms with E-state index in [1.54, 1.807) is 30.3 Å². The summed E-state index contributed by atoms with van der Waals surface area (Å²) < 4.78 is 26.8. The maximum atomic E-state index is 13.5. The fourth-order valence-corrected chi connectivity index (χ4v) is 4.46. The number of methoxy groups -OCH3 is 1. The lowest BCUT2D eigenvalue weighted by Gasteiger charge is -2.36. The highest BCUT2D eigenvalue weighted by atomic mass is 28.4. The van der Waals surface area contributed by atoms with Crippen molar-refractivity contribution < 1.29 is 18.3 Å². The van der Waals surface area contributed by atoms with Gasteiger partial charge in [0.15, 0.2) is 8.32 Å². The maximum Gasteiger partial charge on any atom is 0.255 e. The SMILES string of the molecule is COc1ccc(-n2cnnn2)cc1C(=O)NCC(CCO[Si](C)(C)C(C)(C)C)c1ccc(F)cc1. The quantitative estimate of drug-likeness (QED) is 0.405. The van der Waals surface area contributed by atoms with Gasteiger partial charge in [-0.05, 0) is 70.9 Å². The van der Waals surface area contributed by atoms with Gasteiger partial charge < -0.3 is 14.5 Å². The lowest BCUT2D eigenvalue weighted by atomic mass is 9.96. The second-order valence-electron chi connectivity index (χ2n) is 9.99. The molecule has 10 heteroatoms. The number of halogens is 1. The third kappa shape index (κ3) is 6.73. The van der Waals surface area contributed by atoms with E-state index in [2.05, 4.69) is 54.7 Å². The molecule has 3 rings (SSSR count). The Balaban J connectivity index is 1.75. The smallest absolute Gasteiger partial charge is 0.255 e. The number of carbonyl (C=O) groups excluding carboxylic acids is 1. The van der Waals surface area contributed by atoms with Crippen molar-refractivity contribution in [3.05, 3.63) is 65.7 Å². The summed E-state index contributed by atoms with van der Waals surface area (Å²) in [6, 6.07) is 11.6. The van der Waals surface area contributed by atoms with Crippen molar-refractivity contribution in [1.29, 1.82) is 0 Å². The van der Waals surface area contributed by atoms with E-state index in [0.717, 1.165) is 5.56 Å². The van der Waals surface area contributed by atoms with E-state index in [1.165, 1.54) is 30.3 Å². The lowest BCUT2D eigenvalue weighted by Crippen LogP contribution is -2.41. The number of hydrogen-bond donors (Lipinski definition) is 1. The predicted octanol–water partition coefficient (Wildman–Crippen LogP) is 4.74. The van der Waals surface area contributed by atoms with Gasteiger partial charge in [-0.1, -0.05) is 32.9 Å². The molecule has 2 aromatic carbocycles. The molecule has 0 saturated heterocycles. The van der Waals surface area contributed by atoms with E-state index >= 15 is 0 Å². The molecule has 1 heterocycles. The molecule has 1 aromatic heterocycles. The molecule has 0 radical (unpaired) electrons. The van der Waals surface area contributed by atoms with Crippen molar-refractivity contribution in [2.24, 2.45) is 0 Å². The molecule has 1 amide bonds. The van der Waals surface area contributed by atoms with E-state index in [-0.39, 0.29) is 22.7 Å². The minimum Gasteiger partial charge on any atom is -0.496 e. The van der Waals surface area contributed by atoms with Crippen LogP contribution in [0.3, 0.4) is 0 Å². The molecule has 0 bridgehead atoms. The fraction of sp³-hybridized carbons (Fsp3) is 0.440. The van der Waals surface area contributed by atoms with Gasteiger partial charge in [0.1, 0.15) is 17.9 Å². The van der Waals surface area contributed by atoms with Crippen LogP contribution < -0.4 is 10.1 Å². The van der Waals surface area contributed by atoms with Gasteiger partial charge in [-0.2, -0.15) is 0 Å². The molecule has 0 saturated carbocycles. The van der Waals surface area contributed by atoms with E-state index in [4.69, 9.17) is 9.16 Å². The summed E-state index contributed by atoms with van der Waals surface area (Å²) in [5.41, 5.74) is 1.95. The number of amides is 1. The largest absolute Gasteiger partial charge is 0.496 e. The molecule has 0 aliphatic carbocycles. The Bertz CT molecular complexity index is 1120. The number of benzene rings is 2. The first kappa shape index (κ1) is 26.5. The number of rotatable bonds is 10. The molecule has 0 aliphatic rings. The monoisotopic (exact) mass is 499 g/mol. The molecule has 0 fully saturated rings. The van der Waals surface area contributed by atoms with E-state index in [9.17, 15) is 9.18 Å². The van der Waals surface area contributed by atoms with Crippen LogP contribution in [0.1, 0.15) is 49.0 Å². The summed E-state index contributed by atoms with van der Waals surface area (Å²) in [5, 5.41) is 14.3. The normalized spacial score (nSPS) is 12.9. The van der Waals surface area contributed by atoms with Gasteiger partial charge in [-0.25, -0.2) is 9.07 Å². The van der Waals surface area contributed by atoms with Crippen molar-refractivity contribution in [2.45, 2.75) is 51.2 Å². The second-order valence-corrected chi connectivity index (χ2v) is 14.8. The Hall–Kier alpha value is -3.11. The zero-order chi connectivity index (χ0) is 25.6. The Kier molecular flexibility index (Phi) is 8.39. The molecule has 0 spiro atoms. The molecule has 3 aromatic rings. The van der Waals surface area contributed by atoms with Crippen molar-refractivity contribution in [2.75, 3.05) is 20.3 Å². The number of ether oxygens (including phenoxy) is 1. The summed E-state index contributed by atoms with van der Waals surface area (Å²) in [4.78, 5) is 13.2. The van der Waals surface area contributed by atoms with Crippen LogP contribution in [0.15, 0.2) is 48.8 Å². The van der Waals surface area contributed by atoms with Crippen LogP contribution in [0.4, 0.5) is 4.39 Å². The highest BCUT2D eigenvalue weighted by molar-refractivity contribution is 6.74. The Morgan fingerprint density at radius 2 is 1.89 bits per heavy atom. The first-order valence-electron chi connectivity index (χ1n) is 11.6. The highest BCUT2D eigenvalue weighted by Crippen LogP contribution is 2.37. The summed E-state index contributed by atoms with van der Waals surface area (Å²) >= 11 is 0. The number of aromatic nitrogens is 4. The van der Waals surface area contributed by atoms with Crippen molar-refractivity contribution >= 4 is 14.2 Å². The lowest BCUT2D eigenvalue weighted by molar-refractivity contribution is 0.0946. The van der Waals surface area contributed by atoms with Gasteiger partial charge in [0.05, 0.1) is 18.4 Å². The molecular weight excluding hydrogens is 465 g/mol. The third-order valence-corrected chi connectivity index (χ3v) is 11.2. The average Bonchev–Trinajstić information content (AvgIpc) is 3.35. The number of carbonyl (C=O) groups is 1. The highest BCUT2D eigenvalue weighted by Gasteiger charge is 2.37. The average molecular weight is 500 g/mol. The summed E-state index contributed by atoms with van der Waals surface area (Å²) in [6.45, 7) is 12.0. The second kappa shape index (κ2) is 11.1. The van der Waals surface area contributed by atoms with Crippen LogP contribution in [0, 0.1) is 5.82 Å². The van der Waals surface area contributed by atoms with Crippen LogP contribution in [-0.2, 0) is 4.43 Å². The number of tetrazole rings is 1. The fourth-order valence-electron chi connectivity index (χ4n) is 3.40. The minimum atomic E-state index is -1.91. The molecule has 35 heavy (non-hydrogen) atoms. The first-order valence-corrected chi connectivity index (χ1v) is 14.5. The topological polar surface area (TPSA) is 91.2 Å². The summed E-state index contributed by atoms with van der Waals surface area (Å²) in [5.74, 6) is -0.177. The van der Waals surface area contributed by atoms with E-state index < -0.39 is 8.32 Å². The third-order valence-electron chi connectivity index (χ3n) is 6.63. The number of hydrogen-bond acceptors (Lipinski definition) is 6. The Morgan fingerprint density at radius 3 is 2.49 bits per heavy atom. The predicted molar refractivity (Wildman–Crippen MR) is 135 cm³/mol.